The number of hydrogen-bond donors (Lipinski definition) is 1. The molecule has 4 heteroatoms. The average molecular weight is 246 g/mol. The van der Waals surface area contributed by atoms with E-state index in [9.17, 15) is 0 Å². The molecule has 0 bridgehead atoms. The van der Waals surface area contributed by atoms with Crippen LogP contribution in [0.25, 0.3) is 0 Å². The summed E-state index contributed by atoms with van der Waals surface area (Å²) >= 11 is 0. The molecule has 0 aliphatic carbocycles. The van der Waals surface area contributed by atoms with Crippen LogP contribution in [0.15, 0.2) is 41.1 Å². The van der Waals surface area contributed by atoms with E-state index in [1.54, 1.807) is 12.5 Å². The molecule has 0 saturated carbocycles. The number of rotatable bonds is 6. The number of nitrogens with one attached hydrogen (secondary N) is 1. The summed E-state index contributed by atoms with van der Waals surface area (Å²) in [5.41, 5.74) is 0.993. The van der Waals surface area contributed by atoms with E-state index in [0.717, 1.165) is 23.7 Å². The Bertz CT molecular complexity index is 451. The molecule has 18 heavy (non-hydrogen) atoms. The molecule has 0 saturated heterocycles. The Morgan fingerprint density at radius 1 is 1.39 bits per heavy atom. The van der Waals surface area contributed by atoms with Crippen LogP contribution in [0.3, 0.4) is 0 Å². The van der Waals surface area contributed by atoms with Crippen LogP contribution in [0, 0.1) is 6.92 Å². The lowest BCUT2D eigenvalue weighted by Crippen LogP contribution is -2.24. The third-order valence-corrected chi connectivity index (χ3v) is 2.68. The zero-order valence-electron chi connectivity index (χ0n) is 10.7. The molecule has 1 N–H and O–H groups in total. The van der Waals surface area contributed by atoms with Gasteiger partial charge in [-0.3, -0.25) is 4.98 Å². The Labute approximate surface area is 107 Å². The van der Waals surface area contributed by atoms with Crippen molar-refractivity contribution in [1.82, 2.24) is 10.3 Å². The van der Waals surface area contributed by atoms with Crippen LogP contribution in [0.5, 0.6) is 5.75 Å². The van der Waals surface area contributed by atoms with Gasteiger partial charge in [-0.2, -0.15) is 0 Å². The Hall–Kier alpha value is -1.81. The number of aryl methyl sites for hydroxylation is 1. The second kappa shape index (κ2) is 6.21. The lowest BCUT2D eigenvalue weighted by Gasteiger charge is -2.11. The number of furan rings is 1. The van der Waals surface area contributed by atoms with Gasteiger partial charge in [0.2, 0.25) is 0 Å². The first-order valence-corrected chi connectivity index (χ1v) is 6.08. The quantitative estimate of drug-likeness (QED) is 0.796. The summed E-state index contributed by atoms with van der Waals surface area (Å²) in [6.45, 7) is 5.38. The van der Waals surface area contributed by atoms with E-state index >= 15 is 0 Å². The van der Waals surface area contributed by atoms with Crippen molar-refractivity contribution in [3.63, 3.8) is 0 Å². The minimum atomic E-state index is 0.194. The normalized spacial score (nSPS) is 12.3. The van der Waals surface area contributed by atoms with Gasteiger partial charge in [0.1, 0.15) is 18.1 Å². The second-order valence-electron chi connectivity index (χ2n) is 4.17. The fraction of sp³-hybridized carbons (Fsp3) is 0.357. The minimum Gasteiger partial charge on any atom is -0.491 e. The molecule has 4 nitrogen and oxygen atoms in total. The first kappa shape index (κ1) is 12.6. The van der Waals surface area contributed by atoms with E-state index in [0.29, 0.717) is 6.61 Å². The van der Waals surface area contributed by atoms with Crippen molar-refractivity contribution in [2.75, 3.05) is 13.2 Å². The van der Waals surface area contributed by atoms with Gasteiger partial charge < -0.3 is 14.5 Å². The average Bonchev–Trinajstić information content (AvgIpc) is 2.90. The number of nitrogens with zero attached hydrogens (tertiary/aromatic N) is 1. The molecule has 2 heterocycles. The van der Waals surface area contributed by atoms with Crippen molar-refractivity contribution in [3.8, 4) is 5.75 Å². The van der Waals surface area contributed by atoms with Crippen LogP contribution in [0.2, 0.25) is 0 Å². The molecule has 2 aromatic rings. The Morgan fingerprint density at radius 3 is 2.94 bits per heavy atom. The van der Waals surface area contributed by atoms with Gasteiger partial charge in [-0.15, -0.1) is 0 Å². The van der Waals surface area contributed by atoms with Gasteiger partial charge in [-0.1, -0.05) is 0 Å². The summed E-state index contributed by atoms with van der Waals surface area (Å²) in [4.78, 5) is 4.17. The van der Waals surface area contributed by atoms with E-state index in [-0.39, 0.29) is 6.04 Å². The molecule has 1 atom stereocenters. The van der Waals surface area contributed by atoms with Crippen molar-refractivity contribution in [3.05, 3.63) is 48.2 Å². The summed E-state index contributed by atoms with van der Waals surface area (Å²) < 4.78 is 10.9. The monoisotopic (exact) mass is 246 g/mol. The van der Waals surface area contributed by atoms with Crippen molar-refractivity contribution >= 4 is 0 Å². The van der Waals surface area contributed by atoms with E-state index < -0.39 is 0 Å². The standard InChI is InChI=1S/C14H18N2O2/c1-11-5-6-13(10-16-11)17-9-7-15-12(2)14-4-3-8-18-14/h3-6,8,10,12,15H,7,9H2,1-2H3. The zero-order chi connectivity index (χ0) is 12.8. The molecule has 0 amide bonds. The highest BCUT2D eigenvalue weighted by molar-refractivity contribution is 5.18. The fourth-order valence-electron chi connectivity index (χ4n) is 1.62. The molecule has 2 aromatic heterocycles. The molecule has 0 radical (unpaired) electrons. The highest BCUT2D eigenvalue weighted by Gasteiger charge is 2.06. The number of ether oxygens (including phenoxy) is 1. The minimum absolute atomic E-state index is 0.194. The van der Waals surface area contributed by atoms with Crippen molar-refractivity contribution in [2.45, 2.75) is 19.9 Å². The largest absolute Gasteiger partial charge is 0.491 e. The van der Waals surface area contributed by atoms with Crippen LogP contribution in [0.4, 0.5) is 0 Å². The molecule has 1 unspecified atom stereocenters. The lowest BCUT2D eigenvalue weighted by molar-refractivity contribution is 0.300. The van der Waals surface area contributed by atoms with E-state index in [2.05, 4.69) is 17.2 Å². The summed E-state index contributed by atoms with van der Waals surface area (Å²) in [7, 11) is 0. The van der Waals surface area contributed by atoms with Crippen molar-refractivity contribution in [2.24, 2.45) is 0 Å². The summed E-state index contributed by atoms with van der Waals surface area (Å²) in [5, 5.41) is 3.33. The number of pyridine rings is 1. The Balaban J connectivity index is 1.68. The highest BCUT2D eigenvalue weighted by atomic mass is 16.5. The smallest absolute Gasteiger partial charge is 0.137 e. The summed E-state index contributed by atoms with van der Waals surface area (Å²) in [6, 6.07) is 7.91. The third kappa shape index (κ3) is 3.60. The maximum atomic E-state index is 5.57. The maximum absolute atomic E-state index is 5.57. The SMILES string of the molecule is Cc1ccc(OCCNC(C)c2ccco2)cn1. The van der Waals surface area contributed by atoms with Gasteiger partial charge in [0.15, 0.2) is 0 Å². The van der Waals surface area contributed by atoms with Gasteiger partial charge in [0.25, 0.3) is 0 Å². The highest BCUT2D eigenvalue weighted by Crippen LogP contribution is 2.12. The van der Waals surface area contributed by atoms with Gasteiger partial charge in [-0.25, -0.2) is 0 Å². The Kier molecular flexibility index (Phi) is 4.36. The number of hydrogen-bond acceptors (Lipinski definition) is 4. The van der Waals surface area contributed by atoms with Gasteiger partial charge in [-0.05, 0) is 38.1 Å². The molecular formula is C14H18N2O2. The Morgan fingerprint density at radius 2 is 2.28 bits per heavy atom. The van der Waals surface area contributed by atoms with Crippen molar-refractivity contribution in [1.29, 1.82) is 0 Å². The van der Waals surface area contributed by atoms with Crippen LogP contribution < -0.4 is 10.1 Å². The predicted octanol–water partition coefficient (Wildman–Crippen LogP) is 2.71. The van der Waals surface area contributed by atoms with E-state index in [1.165, 1.54) is 0 Å². The molecule has 0 aromatic carbocycles. The molecule has 0 aliphatic heterocycles. The third-order valence-electron chi connectivity index (χ3n) is 2.68. The zero-order valence-corrected chi connectivity index (χ0v) is 10.7. The molecule has 2 rings (SSSR count). The van der Waals surface area contributed by atoms with Crippen molar-refractivity contribution < 1.29 is 9.15 Å². The van der Waals surface area contributed by atoms with Crippen LogP contribution in [0.1, 0.15) is 24.4 Å². The first-order valence-electron chi connectivity index (χ1n) is 6.08. The number of aromatic nitrogens is 1. The first-order chi connectivity index (χ1) is 8.75. The van der Waals surface area contributed by atoms with Crippen LogP contribution >= 0.6 is 0 Å². The van der Waals surface area contributed by atoms with Gasteiger partial charge in [0, 0.05) is 12.2 Å². The summed E-state index contributed by atoms with van der Waals surface area (Å²) in [6.07, 6.45) is 3.42. The predicted molar refractivity (Wildman–Crippen MR) is 69.6 cm³/mol. The molecule has 0 fully saturated rings. The lowest BCUT2D eigenvalue weighted by atomic mass is 10.2. The van der Waals surface area contributed by atoms with E-state index in [1.807, 2.05) is 31.2 Å². The van der Waals surface area contributed by atoms with E-state index in [4.69, 9.17) is 9.15 Å². The molecule has 0 spiro atoms. The fourth-order valence-corrected chi connectivity index (χ4v) is 1.62. The second-order valence-corrected chi connectivity index (χ2v) is 4.17. The molecule has 0 aliphatic rings. The molecule has 96 valence electrons. The maximum Gasteiger partial charge on any atom is 0.137 e. The van der Waals surface area contributed by atoms with Crippen LogP contribution in [-0.2, 0) is 0 Å². The molecular weight excluding hydrogens is 228 g/mol. The van der Waals surface area contributed by atoms with Gasteiger partial charge in [0.05, 0.1) is 18.5 Å². The topological polar surface area (TPSA) is 47.3 Å². The van der Waals surface area contributed by atoms with Crippen LogP contribution in [-0.4, -0.2) is 18.1 Å². The van der Waals surface area contributed by atoms with Gasteiger partial charge >= 0.3 is 0 Å². The summed E-state index contributed by atoms with van der Waals surface area (Å²) in [5.74, 6) is 1.74.